The Kier molecular flexibility index (Phi) is 8.23. The van der Waals surface area contributed by atoms with Gasteiger partial charge in [0.25, 0.3) is 5.91 Å². The molecule has 0 fully saturated rings. The number of anilines is 1. The highest BCUT2D eigenvalue weighted by molar-refractivity contribution is 9.10. The number of hydrogen-bond acceptors (Lipinski definition) is 4. The number of rotatable bonds is 8. The Labute approximate surface area is 225 Å². The SMILES string of the molecule is COc1ccc(C(=O)Nc2nn(Cc3ccc(Cl)c(Cl)c3)cc2Br)cc1COc1ccc(Cl)cc1. The second-order valence-corrected chi connectivity index (χ2v) is 9.60. The van der Waals surface area contributed by atoms with Crippen LogP contribution in [-0.4, -0.2) is 22.8 Å². The molecule has 0 spiro atoms. The number of amides is 1. The van der Waals surface area contributed by atoms with Gasteiger partial charge in [0.15, 0.2) is 5.82 Å². The fourth-order valence-corrected chi connectivity index (χ4v) is 4.15. The van der Waals surface area contributed by atoms with Gasteiger partial charge in [-0.15, -0.1) is 0 Å². The van der Waals surface area contributed by atoms with E-state index in [2.05, 4.69) is 26.3 Å². The number of nitrogens with zero attached hydrogens (tertiary/aromatic N) is 2. The fraction of sp³-hybridized carbons (Fsp3) is 0.120. The van der Waals surface area contributed by atoms with Crippen LogP contribution in [-0.2, 0) is 13.2 Å². The fourth-order valence-electron chi connectivity index (χ4n) is 3.29. The number of carbonyl (C=O) groups excluding carboxylic acids is 1. The standard InChI is InChI=1S/C25H19BrCl3N3O3/c1-34-23-9-3-16(11-17(23)14-35-19-6-4-18(27)5-7-19)25(33)30-24-20(26)13-32(31-24)12-15-2-8-21(28)22(29)10-15/h2-11,13H,12,14H2,1H3,(H,30,31,33). The number of nitrogens with one attached hydrogen (secondary N) is 1. The Bertz CT molecular complexity index is 1360. The van der Waals surface area contributed by atoms with Gasteiger partial charge >= 0.3 is 0 Å². The molecule has 4 aromatic rings. The van der Waals surface area contributed by atoms with Crippen molar-refractivity contribution in [1.29, 1.82) is 0 Å². The van der Waals surface area contributed by atoms with Crippen molar-refractivity contribution >= 4 is 62.5 Å². The summed E-state index contributed by atoms with van der Waals surface area (Å²) in [7, 11) is 1.57. The summed E-state index contributed by atoms with van der Waals surface area (Å²) in [6.45, 7) is 0.675. The highest BCUT2D eigenvalue weighted by atomic mass is 79.9. The first kappa shape index (κ1) is 25.4. The van der Waals surface area contributed by atoms with E-state index in [1.165, 1.54) is 0 Å². The minimum Gasteiger partial charge on any atom is -0.496 e. The maximum absolute atomic E-state index is 13.0. The molecule has 3 aromatic carbocycles. The number of halogens is 4. The van der Waals surface area contributed by atoms with Crippen LogP contribution >= 0.6 is 50.7 Å². The summed E-state index contributed by atoms with van der Waals surface area (Å²) in [4.78, 5) is 13.0. The zero-order valence-corrected chi connectivity index (χ0v) is 22.2. The average molecular weight is 596 g/mol. The minimum absolute atomic E-state index is 0.216. The molecule has 35 heavy (non-hydrogen) atoms. The smallest absolute Gasteiger partial charge is 0.256 e. The molecule has 0 unspecified atom stereocenters. The van der Waals surface area contributed by atoms with Crippen LogP contribution in [0.1, 0.15) is 21.5 Å². The van der Waals surface area contributed by atoms with E-state index in [-0.39, 0.29) is 12.5 Å². The van der Waals surface area contributed by atoms with Crippen molar-refractivity contribution in [2.45, 2.75) is 13.2 Å². The van der Waals surface area contributed by atoms with E-state index in [1.807, 2.05) is 6.07 Å². The highest BCUT2D eigenvalue weighted by Crippen LogP contribution is 2.27. The Morgan fingerprint density at radius 1 is 1.03 bits per heavy atom. The number of benzene rings is 3. The van der Waals surface area contributed by atoms with Gasteiger partial charge in [0, 0.05) is 22.3 Å². The van der Waals surface area contributed by atoms with Crippen LogP contribution in [0.5, 0.6) is 11.5 Å². The predicted octanol–water partition coefficient (Wildman–Crippen LogP) is 7.49. The molecule has 0 aliphatic heterocycles. The number of carbonyl (C=O) groups is 1. The van der Waals surface area contributed by atoms with Crippen LogP contribution in [0.25, 0.3) is 0 Å². The van der Waals surface area contributed by atoms with E-state index in [9.17, 15) is 4.79 Å². The summed E-state index contributed by atoms with van der Waals surface area (Å²) in [5.41, 5.74) is 2.08. The van der Waals surface area contributed by atoms with Crippen LogP contribution in [0, 0.1) is 0 Å². The highest BCUT2D eigenvalue weighted by Gasteiger charge is 2.15. The number of ether oxygens (including phenoxy) is 2. The van der Waals surface area contributed by atoms with Gasteiger partial charge in [-0.2, -0.15) is 5.10 Å². The molecule has 0 saturated carbocycles. The molecule has 0 aliphatic rings. The average Bonchev–Trinajstić information content (AvgIpc) is 3.19. The molecule has 0 aliphatic carbocycles. The van der Waals surface area contributed by atoms with Crippen molar-refractivity contribution in [3.8, 4) is 11.5 Å². The number of hydrogen-bond donors (Lipinski definition) is 1. The van der Waals surface area contributed by atoms with Gasteiger partial charge in [-0.3, -0.25) is 9.48 Å². The van der Waals surface area contributed by atoms with Crippen LogP contribution in [0.4, 0.5) is 5.82 Å². The molecule has 1 aromatic heterocycles. The van der Waals surface area contributed by atoms with Gasteiger partial charge in [-0.05, 0) is 76.1 Å². The molecule has 0 atom stereocenters. The minimum atomic E-state index is -0.319. The summed E-state index contributed by atoms with van der Waals surface area (Å²) in [5, 5.41) is 8.88. The van der Waals surface area contributed by atoms with E-state index < -0.39 is 0 Å². The van der Waals surface area contributed by atoms with Gasteiger partial charge in [0.1, 0.15) is 18.1 Å². The zero-order chi connectivity index (χ0) is 24.9. The third-order valence-electron chi connectivity index (χ3n) is 5.03. The molecule has 1 N–H and O–H groups in total. The monoisotopic (exact) mass is 593 g/mol. The molecule has 1 heterocycles. The lowest BCUT2D eigenvalue weighted by Crippen LogP contribution is -2.14. The van der Waals surface area contributed by atoms with Gasteiger partial charge in [0.05, 0.1) is 28.2 Å². The van der Waals surface area contributed by atoms with Gasteiger partial charge < -0.3 is 14.8 Å². The Morgan fingerprint density at radius 2 is 1.80 bits per heavy atom. The van der Waals surface area contributed by atoms with Crippen molar-refractivity contribution in [2.24, 2.45) is 0 Å². The summed E-state index contributed by atoms with van der Waals surface area (Å²) < 4.78 is 13.6. The third kappa shape index (κ3) is 6.49. The molecule has 0 radical (unpaired) electrons. The van der Waals surface area contributed by atoms with Crippen LogP contribution < -0.4 is 14.8 Å². The molecule has 180 valence electrons. The van der Waals surface area contributed by atoms with E-state index in [1.54, 1.807) is 72.6 Å². The molecule has 4 rings (SSSR count). The molecular formula is C25H19BrCl3N3O3. The quantitative estimate of drug-likeness (QED) is 0.229. The van der Waals surface area contributed by atoms with E-state index in [0.29, 0.717) is 49.0 Å². The van der Waals surface area contributed by atoms with Crippen molar-refractivity contribution < 1.29 is 14.3 Å². The number of aromatic nitrogens is 2. The topological polar surface area (TPSA) is 65.4 Å². The molecule has 1 amide bonds. The Balaban J connectivity index is 1.46. The summed E-state index contributed by atoms with van der Waals surface area (Å²) in [5.74, 6) is 1.34. The van der Waals surface area contributed by atoms with E-state index >= 15 is 0 Å². The van der Waals surface area contributed by atoms with Crippen LogP contribution in [0.15, 0.2) is 71.3 Å². The first-order valence-electron chi connectivity index (χ1n) is 10.4. The summed E-state index contributed by atoms with van der Waals surface area (Å²) in [6, 6.07) is 17.6. The molecule has 6 nitrogen and oxygen atoms in total. The largest absolute Gasteiger partial charge is 0.496 e. The number of methoxy groups -OCH3 is 1. The summed E-state index contributed by atoms with van der Waals surface area (Å²) >= 11 is 21.5. The third-order valence-corrected chi connectivity index (χ3v) is 6.60. The normalized spacial score (nSPS) is 10.8. The Morgan fingerprint density at radius 3 is 2.51 bits per heavy atom. The maximum atomic E-state index is 13.0. The maximum Gasteiger partial charge on any atom is 0.256 e. The van der Waals surface area contributed by atoms with Crippen LogP contribution in [0.3, 0.4) is 0 Å². The van der Waals surface area contributed by atoms with Crippen molar-refractivity contribution in [2.75, 3.05) is 12.4 Å². The predicted molar refractivity (Wildman–Crippen MR) is 142 cm³/mol. The van der Waals surface area contributed by atoms with Crippen LogP contribution in [0.2, 0.25) is 15.1 Å². The first-order chi connectivity index (χ1) is 16.8. The first-order valence-corrected chi connectivity index (χ1v) is 12.3. The van der Waals surface area contributed by atoms with Gasteiger partial charge in [-0.1, -0.05) is 40.9 Å². The van der Waals surface area contributed by atoms with E-state index in [0.717, 1.165) is 11.1 Å². The van der Waals surface area contributed by atoms with Crippen molar-refractivity contribution in [3.05, 3.63) is 103 Å². The second-order valence-electron chi connectivity index (χ2n) is 7.50. The Hall–Kier alpha value is -2.71. The molecular weight excluding hydrogens is 577 g/mol. The zero-order valence-electron chi connectivity index (χ0n) is 18.4. The molecule has 0 bridgehead atoms. The molecule has 0 saturated heterocycles. The van der Waals surface area contributed by atoms with Crippen molar-refractivity contribution in [3.63, 3.8) is 0 Å². The lowest BCUT2D eigenvalue weighted by Gasteiger charge is -2.12. The van der Waals surface area contributed by atoms with Gasteiger partial charge in [0.2, 0.25) is 0 Å². The lowest BCUT2D eigenvalue weighted by molar-refractivity contribution is 0.102. The van der Waals surface area contributed by atoms with E-state index in [4.69, 9.17) is 44.3 Å². The van der Waals surface area contributed by atoms with Gasteiger partial charge in [-0.25, -0.2) is 0 Å². The molecule has 10 heteroatoms. The van der Waals surface area contributed by atoms with Crippen molar-refractivity contribution in [1.82, 2.24) is 9.78 Å². The second kappa shape index (κ2) is 11.4. The summed E-state index contributed by atoms with van der Waals surface area (Å²) in [6.07, 6.45) is 1.78. The lowest BCUT2D eigenvalue weighted by atomic mass is 10.1.